The highest BCUT2D eigenvalue weighted by Gasteiger charge is 2.18. The number of nitrogens with zero attached hydrogens (tertiary/aromatic N) is 1. The van der Waals surface area contributed by atoms with Gasteiger partial charge in [0.2, 0.25) is 0 Å². The molecule has 1 aromatic carbocycles. The molecule has 2 aromatic rings. The van der Waals surface area contributed by atoms with Crippen LogP contribution in [-0.4, -0.2) is 13.4 Å². The van der Waals surface area contributed by atoms with Crippen LogP contribution in [0.15, 0.2) is 48.8 Å². The number of halogens is 3. The van der Waals surface area contributed by atoms with Crippen molar-refractivity contribution in [2.75, 3.05) is 10.1 Å². The lowest BCUT2D eigenvalue weighted by Crippen LogP contribution is -2.15. The largest absolute Gasteiger partial charge is 0.308 e. The maximum absolute atomic E-state index is 12.4. The molecule has 112 valence electrons. The minimum Gasteiger partial charge on any atom is -0.308 e. The molecule has 0 aliphatic carbocycles. The molecule has 0 spiro atoms. The van der Waals surface area contributed by atoms with Crippen LogP contribution in [0.3, 0.4) is 0 Å². The van der Waals surface area contributed by atoms with Gasteiger partial charge >= 0.3 is 0 Å². The second kappa shape index (κ2) is 6.61. The summed E-state index contributed by atoms with van der Waals surface area (Å²) in [6, 6.07) is 6.19. The monoisotopic (exact) mass is 498 g/mol. The molecule has 6 nitrogen and oxygen atoms in total. The Labute approximate surface area is 146 Å². The van der Waals surface area contributed by atoms with Crippen LogP contribution in [-0.2, 0) is 10.0 Å². The van der Waals surface area contributed by atoms with Crippen LogP contribution < -0.4 is 16.0 Å². The van der Waals surface area contributed by atoms with Gasteiger partial charge in [-0.25, -0.2) is 19.2 Å². The van der Waals surface area contributed by atoms with Gasteiger partial charge in [0.15, 0.2) is 0 Å². The van der Waals surface area contributed by atoms with Crippen LogP contribution in [0.1, 0.15) is 0 Å². The number of rotatable bonds is 4. The molecule has 0 atom stereocenters. The van der Waals surface area contributed by atoms with E-state index in [1.807, 2.05) is 0 Å². The molecule has 0 saturated carbocycles. The van der Waals surface area contributed by atoms with Crippen LogP contribution in [0.5, 0.6) is 0 Å². The van der Waals surface area contributed by atoms with Crippen LogP contribution in [0.25, 0.3) is 0 Å². The van der Waals surface area contributed by atoms with Crippen molar-refractivity contribution in [3.63, 3.8) is 0 Å². The fourth-order valence-corrected chi connectivity index (χ4v) is 5.32. The summed E-state index contributed by atoms with van der Waals surface area (Å²) in [6.45, 7) is 0. The lowest BCUT2D eigenvalue weighted by Gasteiger charge is -2.12. The summed E-state index contributed by atoms with van der Waals surface area (Å²) >= 11 is 9.96. The van der Waals surface area contributed by atoms with E-state index in [9.17, 15) is 8.42 Å². The lowest BCUT2D eigenvalue weighted by molar-refractivity contribution is 0.601. The number of anilines is 2. The molecule has 1 heterocycles. The van der Waals surface area contributed by atoms with Crippen molar-refractivity contribution >= 4 is 69.3 Å². The maximum atomic E-state index is 12.4. The molecule has 0 bridgehead atoms. The van der Waals surface area contributed by atoms with E-state index in [1.165, 1.54) is 18.3 Å². The highest BCUT2D eigenvalue weighted by Crippen LogP contribution is 2.35. The van der Waals surface area contributed by atoms with Gasteiger partial charge in [0, 0.05) is 25.7 Å². The van der Waals surface area contributed by atoms with Crippen LogP contribution >= 0.6 is 47.8 Å². The average molecular weight is 501 g/mol. The van der Waals surface area contributed by atoms with E-state index in [-0.39, 0.29) is 10.7 Å². The first-order valence-corrected chi connectivity index (χ1v) is 9.30. The van der Waals surface area contributed by atoms with Crippen LogP contribution in [0.2, 0.25) is 0 Å². The van der Waals surface area contributed by atoms with Gasteiger partial charge in [-0.3, -0.25) is 4.72 Å². The van der Waals surface area contributed by atoms with Gasteiger partial charge in [-0.15, -0.1) is 0 Å². The van der Waals surface area contributed by atoms with Crippen molar-refractivity contribution in [3.05, 3.63) is 43.9 Å². The fourth-order valence-electron chi connectivity index (χ4n) is 1.49. The number of hydrazine groups is 1. The molecule has 21 heavy (non-hydrogen) atoms. The number of hydrogen-bond acceptors (Lipinski definition) is 5. The summed E-state index contributed by atoms with van der Waals surface area (Å²) in [7, 11) is -3.76. The topological polar surface area (TPSA) is 97.1 Å². The third-order valence-electron chi connectivity index (χ3n) is 2.43. The Morgan fingerprint density at radius 2 is 1.71 bits per heavy atom. The van der Waals surface area contributed by atoms with E-state index in [0.717, 1.165) is 4.47 Å². The molecular formula is C11H9Br3N4O2S. The van der Waals surface area contributed by atoms with Crippen molar-refractivity contribution < 1.29 is 8.42 Å². The average Bonchev–Trinajstić information content (AvgIpc) is 2.43. The summed E-state index contributed by atoms with van der Waals surface area (Å²) in [5.41, 5.74) is 2.71. The van der Waals surface area contributed by atoms with Crippen molar-refractivity contribution in [1.29, 1.82) is 0 Å². The number of benzene rings is 1. The normalized spacial score (nSPS) is 11.2. The van der Waals surface area contributed by atoms with Gasteiger partial charge in [0.25, 0.3) is 10.0 Å². The molecule has 2 rings (SSSR count). The van der Waals surface area contributed by atoms with E-state index in [1.54, 1.807) is 12.1 Å². The molecule has 0 aliphatic rings. The second-order valence-electron chi connectivity index (χ2n) is 3.87. The first kappa shape index (κ1) is 16.7. The molecule has 1 aromatic heterocycles. The smallest absolute Gasteiger partial charge is 0.262 e. The van der Waals surface area contributed by atoms with Gasteiger partial charge < -0.3 is 5.43 Å². The summed E-state index contributed by atoms with van der Waals surface area (Å²) in [6.07, 6.45) is 1.36. The highest BCUT2D eigenvalue weighted by atomic mass is 79.9. The molecule has 0 aliphatic heterocycles. The third-order valence-corrected chi connectivity index (χ3v) is 5.49. The van der Waals surface area contributed by atoms with E-state index in [0.29, 0.717) is 14.6 Å². The molecule has 0 unspecified atom stereocenters. The predicted molar refractivity (Wildman–Crippen MR) is 92.4 cm³/mol. The number of nitrogen functional groups attached to an aromatic ring is 1. The zero-order chi connectivity index (χ0) is 15.6. The second-order valence-corrected chi connectivity index (χ2v) is 8.18. The van der Waals surface area contributed by atoms with Crippen molar-refractivity contribution in [3.8, 4) is 0 Å². The van der Waals surface area contributed by atoms with Gasteiger partial charge in [0.05, 0.1) is 10.6 Å². The summed E-state index contributed by atoms with van der Waals surface area (Å²) in [4.78, 5) is 3.92. The molecule has 10 heteroatoms. The SMILES string of the molecule is NNc1cc(S(=O)(=O)Nc2c(Br)cc(Br)cc2Br)ccn1. The lowest BCUT2D eigenvalue weighted by atomic mass is 10.3. The quantitative estimate of drug-likeness (QED) is 0.441. The Morgan fingerprint density at radius 3 is 2.29 bits per heavy atom. The summed E-state index contributed by atoms with van der Waals surface area (Å²) in [5.74, 6) is 5.49. The first-order valence-electron chi connectivity index (χ1n) is 5.43. The highest BCUT2D eigenvalue weighted by molar-refractivity contribution is 9.11. The summed E-state index contributed by atoms with van der Waals surface area (Å²) < 4.78 is 29.3. The Bertz CT molecular complexity index is 760. The number of sulfonamides is 1. The summed E-state index contributed by atoms with van der Waals surface area (Å²) in [5, 5.41) is 0. The molecule has 0 radical (unpaired) electrons. The Balaban J connectivity index is 2.42. The van der Waals surface area contributed by atoms with E-state index in [2.05, 4.69) is 62.9 Å². The van der Waals surface area contributed by atoms with Gasteiger partial charge in [-0.2, -0.15) is 0 Å². The number of hydrogen-bond donors (Lipinski definition) is 3. The first-order chi connectivity index (χ1) is 9.83. The third kappa shape index (κ3) is 3.95. The number of nitrogens with one attached hydrogen (secondary N) is 2. The van der Waals surface area contributed by atoms with Gasteiger partial charge in [-0.1, -0.05) is 15.9 Å². The van der Waals surface area contributed by atoms with E-state index >= 15 is 0 Å². The van der Waals surface area contributed by atoms with Crippen molar-refractivity contribution in [2.45, 2.75) is 4.90 Å². The zero-order valence-corrected chi connectivity index (χ0v) is 15.8. The van der Waals surface area contributed by atoms with E-state index < -0.39 is 10.0 Å². The standard InChI is InChI=1S/C11H9Br3N4O2S/c12-6-3-8(13)11(9(14)4-6)18-21(19,20)7-1-2-16-10(5-7)17-15/h1-5,18H,15H2,(H,16,17). The fraction of sp³-hybridized carbons (Fsp3) is 0. The van der Waals surface area contributed by atoms with Gasteiger partial charge in [0.1, 0.15) is 5.82 Å². The molecule has 0 saturated heterocycles. The number of nitrogens with two attached hydrogens (primary N) is 1. The van der Waals surface area contributed by atoms with Crippen LogP contribution in [0, 0.1) is 0 Å². The number of aromatic nitrogens is 1. The van der Waals surface area contributed by atoms with Crippen molar-refractivity contribution in [2.24, 2.45) is 5.84 Å². The molecule has 4 N–H and O–H groups in total. The maximum Gasteiger partial charge on any atom is 0.262 e. The Hall–Kier alpha value is -0.680. The van der Waals surface area contributed by atoms with Crippen LogP contribution in [0.4, 0.5) is 11.5 Å². The minimum atomic E-state index is -3.76. The molecular weight excluding hydrogens is 492 g/mol. The minimum absolute atomic E-state index is 0.0483. The predicted octanol–water partition coefficient (Wildman–Crippen LogP) is 3.46. The van der Waals surface area contributed by atoms with Gasteiger partial charge in [-0.05, 0) is 50.1 Å². The van der Waals surface area contributed by atoms with E-state index in [4.69, 9.17) is 5.84 Å². The van der Waals surface area contributed by atoms with Crippen molar-refractivity contribution in [1.82, 2.24) is 4.98 Å². The Morgan fingerprint density at radius 1 is 1.10 bits per heavy atom. The zero-order valence-electron chi connectivity index (χ0n) is 10.3. The molecule has 0 fully saturated rings. The Kier molecular flexibility index (Phi) is 5.25. The number of pyridine rings is 1. The molecule has 0 amide bonds.